The zero-order valence-electron chi connectivity index (χ0n) is 18.6. The molecule has 2 unspecified atom stereocenters. The monoisotopic (exact) mass is 497 g/mol. The lowest BCUT2D eigenvalue weighted by Crippen LogP contribution is -2.34. The van der Waals surface area contributed by atoms with Crippen LogP contribution in [0.3, 0.4) is 0 Å². The lowest BCUT2D eigenvalue weighted by molar-refractivity contribution is -0.126. The van der Waals surface area contributed by atoms with Crippen molar-refractivity contribution in [3.05, 3.63) is 58.0 Å². The topological polar surface area (TPSA) is 61.1 Å². The Morgan fingerprint density at radius 2 is 2.09 bits per heavy atom. The van der Waals surface area contributed by atoms with Gasteiger partial charge in [-0.3, -0.25) is 9.69 Å². The molecule has 1 N–H and O–H groups in total. The number of likely N-dealkylation sites (tertiary alicyclic amines) is 1. The number of aromatic nitrogens is 2. The van der Waals surface area contributed by atoms with Gasteiger partial charge in [-0.05, 0) is 43.0 Å². The highest BCUT2D eigenvalue weighted by Gasteiger charge is 2.47. The van der Waals surface area contributed by atoms with E-state index in [1.807, 2.05) is 11.0 Å². The summed E-state index contributed by atoms with van der Waals surface area (Å²) in [5, 5.41) is 4.28. The Balaban J connectivity index is 1.16. The summed E-state index contributed by atoms with van der Waals surface area (Å²) in [6, 6.07) is 6.01. The van der Waals surface area contributed by atoms with Gasteiger partial charge >= 0.3 is 0 Å². The molecule has 6 rings (SSSR count). The molecule has 1 saturated heterocycles. The average molecular weight is 498 g/mol. The molecule has 0 radical (unpaired) electrons. The van der Waals surface area contributed by atoms with Gasteiger partial charge in [-0.25, -0.2) is 14.4 Å². The molecule has 1 amide bonds. The first-order valence-electron chi connectivity index (χ1n) is 11.8. The van der Waals surface area contributed by atoms with E-state index in [4.69, 9.17) is 11.6 Å². The molecule has 1 aromatic carbocycles. The van der Waals surface area contributed by atoms with E-state index in [1.165, 1.54) is 43.6 Å². The number of hydrogen-bond acceptors (Lipinski definition) is 6. The molecule has 6 nitrogen and oxygen atoms in total. The maximum atomic E-state index is 13.5. The van der Waals surface area contributed by atoms with Crippen molar-refractivity contribution in [1.29, 1.82) is 0 Å². The number of anilines is 2. The van der Waals surface area contributed by atoms with E-state index in [0.717, 1.165) is 40.1 Å². The molecule has 9 heteroatoms. The van der Waals surface area contributed by atoms with E-state index in [2.05, 4.69) is 20.2 Å². The second-order valence-electron chi connectivity index (χ2n) is 9.19. The summed E-state index contributed by atoms with van der Waals surface area (Å²) < 4.78 is 13.5. The van der Waals surface area contributed by atoms with Crippen LogP contribution in [0, 0.1) is 5.82 Å². The SMILES string of the molecule is O=C(/C=C/CN1C2CCCCC21)N1CCc2c(sc3ncnc(Nc4ccc(F)c(Cl)c4)c23)C1. The zero-order valence-corrected chi connectivity index (χ0v) is 20.2. The fraction of sp³-hybridized carbons (Fsp3) is 0.400. The lowest BCUT2D eigenvalue weighted by Gasteiger charge is -2.26. The van der Waals surface area contributed by atoms with Gasteiger partial charge in [0.2, 0.25) is 5.91 Å². The van der Waals surface area contributed by atoms with E-state index in [1.54, 1.807) is 29.5 Å². The quantitative estimate of drug-likeness (QED) is 0.383. The number of halogens is 2. The molecule has 1 saturated carbocycles. The highest BCUT2D eigenvalue weighted by atomic mass is 35.5. The van der Waals surface area contributed by atoms with Crippen molar-refractivity contribution in [2.75, 3.05) is 18.4 Å². The molecule has 2 fully saturated rings. The van der Waals surface area contributed by atoms with Crippen molar-refractivity contribution in [1.82, 2.24) is 19.8 Å². The first kappa shape index (κ1) is 21.9. The van der Waals surface area contributed by atoms with E-state index in [9.17, 15) is 9.18 Å². The smallest absolute Gasteiger partial charge is 0.246 e. The van der Waals surface area contributed by atoms with Crippen LogP contribution in [0.25, 0.3) is 10.2 Å². The molecule has 3 aliphatic rings. The average Bonchev–Trinajstić information content (AvgIpc) is 3.41. The summed E-state index contributed by atoms with van der Waals surface area (Å²) >= 11 is 7.54. The Kier molecular flexibility index (Phi) is 5.75. The van der Waals surface area contributed by atoms with Crippen molar-refractivity contribution in [2.24, 2.45) is 0 Å². The molecule has 1 aliphatic carbocycles. The third kappa shape index (κ3) is 4.08. The van der Waals surface area contributed by atoms with Gasteiger partial charge in [-0.15, -0.1) is 11.3 Å². The van der Waals surface area contributed by atoms with Crippen molar-refractivity contribution in [2.45, 2.75) is 50.7 Å². The molecule has 176 valence electrons. The maximum absolute atomic E-state index is 13.5. The minimum atomic E-state index is -0.459. The molecule has 0 spiro atoms. The fourth-order valence-corrected chi connectivity index (χ4v) is 6.77. The molecule has 3 aromatic rings. The highest BCUT2D eigenvalue weighted by Crippen LogP contribution is 2.40. The lowest BCUT2D eigenvalue weighted by atomic mass is 10.0. The molecule has 4 heterocycles. The molecular formula is C25H25ClFN5OS. The van der Waals surface area contributed by atoms with Crippen LogP contribution >= 0.6 is 22.9 Å². The van der Waals surface area contributed by atoms with Crippen LogP contribution in [0.2, 0.25) is 5.02 Å². The Bertz CT molecular complexity index is 1280. The summed E-state index contributed by atoms with van der Waals surface area (Å²) in [5.74, 6) is 0.280. The number of amides is 1. The van der Waals surface area contributed by atoms with Crippen LogP contribution in [-0.4, -0.2) is 50.8 Å². The van der Waals surface area contributed by atoms with Crippen LogP contribution in [-0.2, 0) is 17.8 Å². The summed E-state index contributed by atoms with van der Waals surface area (Å²) in [7, 11) is 0. The Hall–Kier alpha value is -2.55. The van der Waals surface area contributed by atoms with Crippen molar-refractivity contribution in [3.63, 3.8) is 0 Å². The number of nitrogens with zero attached hydrogens (tertiary/aromatic N) is 4. The van der Waals surface area contributed by atoms with Crippen LogP contribution in [0.15, 0.2) is 36.7 Å². The standard InChI is InChI=1S/C25H25ClFN5OS/c26-17-12-15(7-8-18(17)27)30-24-23-16-9-11-31(13-21(16)34-25(23)29-14-28-24)22(33)6-3-10-32-19-4-1-2-5-20(19)32/h3,6-8,12,14,19-20H,1-2,4-5,9-11,13H2,(H,28,29,30)/b6-3+. The fourth-order valence-electron chi connectivity index (χ4n) is 5.39. The summed E-state index contributed by atoms with van der Waals surface area (Å²) in [6.45, 7) is 2.12. The third-order valence-corrected chi connectivity index (χ3v) is 8.58. The second kappa shape index (κ2) is 8.91. The third-order valence-electron chi connectivity index (χ3n) is 7.16. The van der Waals surface area contributed by atoms with Crippen molar-refractivity contribution >= 4 is 50.6 Å². The molecule has 0 bridgehead atoms. The predicted octanol–water partition coefficient (Wildman–Crippen LogP) is 5.30. The van der Waals surface area contributed by atoms with Gasteiger partial charge in [0.25, 0.3) is 0 Å². The number of nitrogens with one attached hydrogen (secondary N) is 1. The van der Waals surface area contributed by atoms with Gasteiger partial charge in [0.15, 0.2) is 0 Å². The predicted molar refractivity (Wildman–Crippen MR) is 133 cm³/mol. The van der Waals surface area contributed by atoms with Gasteiger partial charge in [-0.1, -0.05) is 30.5 Å². The van der Waals surface area contributed by atoms with Crippen LogP contribution < -0.4 is 5.32 Å². The number of fused-ring (bicyclic) bond motifs is 4. The zero-order chi connectivity index (χ0) is 23.2. The summed E-state index contributed by atoms with van der Waals surface area (Å²) in [4.78, 5) is 28.2. The van der Waals surface area contributed by atoms with Gasteiger partial charge in [0, 0.05) is 41.8 Å². The Morgan fingerprint density at radius 3 is 2.88 bits per heavy atom. The number of rotatable bonds is 5. The number of carbonyl (C=O) groups is 1. The first-order valence-corrected chi connectivity index (χ1v) is 13.0. The Labute approximate surface area is 206 Å². The van der Waals surface area contributed by atoms with Crippen molar-refractivity contribution in [3.8, 4) is 0 Å². The minimum Gasteiger partial charge on any atom is -0.340 e. The Morgan fingerprint density at radius 1 is 1.26 bits per heavy atom. The van der Waals surface area contributed by atoms with Crippen LogP contribution in [0.5, 0.6) is 0 Å². The van der Waals surface area contributed by atoms with E-state index in [0.29, 0.717) is 24.6 Å². The van der Waals surface area contributed by atoms with Gasteiger partial charge in [0.05, 0.1) is 17.0 Å². The largest absolute Gasteiger partial charge is 0.340 e. The number of carbonyl (C=O) groups excluding carboxylic acids is 1. The molecule has 34 heavy (non-hydrogen) atoms. The van der Waals surface area contributed by atoms with E-state index < -0.39 is 5.82 Å². The number of hydrogen-bond donors (Lipinski definition) is 1. The van der Waals surface area contributed by atoms with Crippen LogP contribution in [0.1, 0.15) is 36.1 Å². The molecule has 2 aromatic heterocycles. The minimum absolute atomic E-state index is 0.0575. The van der Waals surface area contributed by atoms with Gasteiger partial charge in [-0.2, -0.15) is 0 Å². The summed E-state index contributed by atoms with van der Waals surface area (Å²) in [5.41, 5.74) is 1.84. The normalized spacial score (nSPS) is 23.7. The van der Waals surface area contributed by atoms with E-state index in [-0.39, 0.29) is 10.9 Å². The van der Waals surface area contributed by atoms with Crippen molar-refractivity contribution < 1.29 is 9.18 Å². The molecular weight excluding hydrogens is 473 g/mol. The van der Waals surface area contributed by atoms with Crippen LogP contribution in [0.4, 0.5) is 15.9 Å². The highest BCUT2D eigenvalue weighted by molar-refractivity contribution is 7.19. The van der Waals surface area contributed by atoms with E-state index >= 15 is 0 Å². The second-order valence-corrected chi connectivity index (χ2v) is 10.7. The first-order chi connectivity index (χ1) is 16.6. The van der Waals surface area contributed by atoms with Gasteiger partial charge < -0.3 is 10.2 Å². The maximum Gasteiger partial charge on any atom is 0.246 e. The number of thiophene rings is 1. The van der Waals surface area contributed by atoms with Gasteiger partial charge in [0.1, 0.15) is 22.8 Å². The number of benzene rings is 1. The summed E-state index contributed by atoms with van der Waals surface area (Å²) in [6.07, 6.45) is 11.3. The molecule has 2 aliphatic heterocycles. The molecule has 2 atom stereocenters.